The average molecular weight is 379 g/mol. The predicted octanol–water partition coefficient (Wildman–Crippen LogP) is 3.46. The number of benzene rings is 1. The number of nitrogens with zero attached hydrogens (tertiary/aromatic N) is 3. The van der Waals surface area contributed by atoms with Gasteiger partial charge in [0.15, 0.2) is 5.78 Å². The number of carbonyl (C=O) groups is 2. The lowest BCUT2D eigenvalue weighted by Crippen LogP contribution is -2.48. The van der Waals surface area contributed by atoms with E-state index in [9.17, 15) is 9.59 Å². The molecule has 27 heavy (non-hydrogen) atoms. The second-order valence-electron chi connectivity index (χ2n) is 6.78. The number of fused-ring (bicyclic) bond motifs is 1. The lowest BCUT2D eigenvalue weighted by atomic mass is 10.1. The predicted molar refractivity (Wildman–Crippen MR) is 107 cm³/mol. The highest BCUT2D eigenvalue weighted by Gasteiger charge is 2.24. The Morgan fingerprint density at radius 1 is 1.00 bits per heavy atom. The lowest BCUT2D eigenvalue weighted by Gasteiger charge is -2.34. The molecule has 1 aliphatic rings. The SMILES string of the molecule is CC(=O)c1ccc(C(=O)N2CCN(Cc3cccc4cccnc34)CC2)s1. The van der Waals surface area contributed by atoms with Gasteiger partial charge in [-0.2, -0.15) is 0 Å². The van der Waals surface area contributed by atoms with Crippen molar-refractivity contribution in [1.29, 1.82) is 0 Å². The number of amides is 1. The van der Waals surface area contributed by atoms with Crippen LogP contribution in [-0.4, -0.2) is 52.7 Å². The second-order valence-corrected chi connectivity index (χ2v) is 7.86. The van der Waals surface area contributed by atoms with Crippen LogP contribution in [-0.2, 0) is 6.54 Å². The third-order valence-electron chi connectivity index (χ3n) is 4.93. The van der Waals surface area contributed by atoms with Gasteiger partial charge in [0.05, 0.1) is 15.3 Å². The van der Waals surface area contributed by atoms with Crippen LogP contribution >= 0.6 is 11.3 Å². The number of carbonyl (C=O) groups excluding carboxylic acids is 2. The molecule has 0 aliphatic carbocycles. The summed E-state index contributed by atoms with van der Waals surface area (Å²) in [6.45, 7) is 5.43. The van der Waals surface area contributed by atoms with E-state index < -0.39 is 0 Å². The van der Waals surface area contributed by atoms with E-state index in [2.05, 4.69) is 34.1 Å². The van der Waals surface area contributed by atoms with E-state index in [1.807, 2.05) is 17.2 Å². The zero-order valence-electron chi connectivity index (χ0n) is 15.2. The molecule has 1 fully saturated rings. The summed E-state index contributed by atoms with van der Waals surface area (Å²) in [5, 5.41) is 1.16. The van der Waals surface area contributed by atoms with Crippen molar-refractivity contribution in [3.05, 3.63) is 64.0 Å². The maximum atomic E-state index is 12.7. The smallest absolute Gasteiger partial charge is 0.264 e. The zero-order valence-corrected chi connectivity index (χ0v) is 16.0. The highest BCUT2D eigenvalue weighted by molar-refractivity contribution is 7.15. The third kappa shape index (κ3) is 3.77. The Morgan fingerprint density at radius 3 is 2.48 bits per heavy atom. The number of piperazine rings is 1. The van der Waals surface area contributed by atoms with Crippen LogP contribution in [0.2, 0.25) is 0 Å². The third-order valence-corrected chi connectivity index (χ3v) is 6.11. The molecule has 0 unspecified atom stereocenters. The summed E-state index contributed by atoms with van der Waals surface area (Å²) < 4.78 is 0. The fraction of sp³-hybridized carbons (Fsp3) is 0.286. The largest absolute Gasteiger partial charge is 0.335 e. The summed E-state index contributed by atoms with van der Waals surface area (Å²) >= 11 is 1.28. The fourth-order valence-corrected chi connectivity index (χ4v) is 4.31. The lowest BCUT2D eigenvalue weighted by molar-refractivity contribution is 0.0633. The number of para-hydroxylation sites is 1. The number of hydrogen-bond acceptors (Lipinski definition) is 5. The van der Waals surface area contributed by atoms with Gasteiger partial charge in [-0.15, -0.1) is 11.3 Å². The first-order chi connectivity index (χ1) is 13.1. The van der Waals surface area contributed by atoms with Gasteiger partial charge in [0.1, 0.15) is 0 Å². The van der Waals surface area contributed by atoms with Gasteiger partial charge in [-0.1, -0.05) is 24.3 Å². The zero-order chi connectivity index (χ0) is 18.8. The van der Waals surface area contributed by atoms with Crippen molar-refractivity contribution in [1.82, 2.24) is 14.8 Å². The molecular weight excluding hydrogens is 358 g/mol. The van der Waals surface area contributed by atoms with Crippen LogP contribution in [0.4, 0.5) is 0 Å². The van der Waals surface area contributed by atoms with E-state index >= 15 is 0 Å². The Labute approximate surface area is 162 Å². The number of rotatable bonds is 4. The number of Topliss-reactive ketones (excluding diaryl/α,β-unsaturated/α-hetero) is 1. The van der Waals surface area contributed by atoms with Crippen LogP contribution < -0.4 is 0 Å². The maximum absolute atomic E-state index is 12.7. The summed E-state index contributed by atoms with van der Waals surface area (Å²) in [7, 11) is 0. The number of ketones is 1. The van der Waals surface area contributed by atoms with Crippen molar-refractivity contribution in [3.63, 3.8) is 0 Å². The van der Waals surface area contributed by atoms with E-state index in [-0.39, 0.29) is 11.7 Å². The van der Waals surface area contributed by atoms with E-state index in [1.165, 1.54) is 23.8 Å². The van der Waals surface area contributed by atoms with Crippen molar-refractivity contribution in [2.45, 2.75) is 13.5 Å². The van der Waals surface area contributed by atoms with Gasteiger partial charge < -0.3 is 4.90 Å². The normalized spacial score (nSPS) is 15.2. The topological polar surface area (TPSA) is 53.5 Å². The fourth-order valence-electron chi connectivity index (χ4n) is 3.44. The van der Waals surface area contributed by atoms with Gasteiger partial charge >= 0.3 is 0 Å². The monoisotopic (exact) mass is 379 g/mol. The van der Waals surface area contributed by atoms with Crippen molar-refractivity contribution < 1.29 is 9.59 Å². The van der Waals surface area contributed by atoms with Crippen molar-refractivity contribution in [2.24, 2.45) is 0 Å². The molecule has 0 atom stereocenters. The van der Waals surface area contributed by atoms with Crippen molar-refractivity contribution >= 4 is 33.9 Å². The molecule has 0 N–H and O–H groups in total. The van der Waals surface area contributed by atoms with Gasteiger partial charge in [0, 0.05) is 44.3 Å². The van der Waals surface area contributed by atoms with Gasteiger partial charge in [-0.3, -0.25) is 19.5 Å². The van der Waals surface area contributed by atoms with E-state index in [1.54, 1.807) is 12.1 Å². The number of thiophene rings is 1. The molecule has 0 saturated carbocycles. The van der Waals surface area contributed by atoms with Crippen LogP contribution in [0, 0.1) is 0 Å². The van der Waals surface area contributed by atoms with E-state index in [4.69, 9.17) is 0 Å². The molecule has 1 aromatic carbocycles. The molecule has 138 valence electrons. The van der Waals surface area contributed by atoms with Crippen LogP contribution in [0.5, 0.6) is 0 Å². The van der Waals surface area contributed by atoms with E-state index in [0.29, 0.717) is 22.8 Å². The molecule has 0 radical (unpaired) electrons. The standard InChI is InChI=1S/C21H21N3O2S/c1-15(25)18-7-8-19(27-18)21(26)24-12-10-23(11-13-24)14-17-5-2-4-16-6-3-9-22-20(16)17/h2-9H,10-14H2,1H3. The molecule has 5 nitrogen and oxygen atoms in total. The van der Waals surface area contributed by atoms with Gasteiger partial charge in [-0.25, -0.2) is 0 Å². The van der Waals surface area contributed by atoms with E-state index in [0.717, 1.165) is 30.5 Å². The quantitative estimate of drug-likeness (QED) is 0.652. The summed E-state index contributed by atoms with van der Waals surface area (Å²) in [6, 6.07) is 13.8. The summed E-state index contributed by atoms with van der Waals surface area (Å²) in [4.78, 5) is 34.2. The van der Waals surface area contributed by atoms with Crippen LogP contribution in [0.15, 0.2) is 48.7 Å². The number of pyridine rings is 1. The second kappa shape index (κ2) is 7.58. The highest BCUT2D eigenvalue weighted by Crippen LogP contribution is 2.21. The molecule has 6 heteroatoms. The highest BCUT2D eigenvalue weighted by atomic mass is 32.1. The Kier molecular flexibility index (Phi) is 5.01. The summed E-state index contributed by atoms with van der Waals surface area (Å²) in [6.07, 6.45) is 1.83. The molecule has 1 saturated heterocycles. The minimum atomic E-state index is 0.00701. The molecule has 0 bridgehead atoms. The average Bonchev–Trinajstić information content (AvgIpc) is 3.19. The molecule has 3 heterocycles. The van der Waals surface area contributed by atoms with Crippen molar-refractivity contribution in [3.8, 4) is 0 Å². The molecule has 4 rings (SSSR count). The van der Waals surface area contributed by atoms with Gasteiger partial charge in [0.25, 0.3) is 5.91 Å². The molecule has 3 aromatic rings. The summed E-state index contributed by atoms with van der Waals surface area (Å²) in [5.74, 6) is 0.0338. The summed E-state index contributed by atoms with van der Waals surface area (Å²) in [5.41, 5.74) is 2.27. The Morgan fingerprint density at radius 2 is 1.74 bits per heavy atom. The Balaban J connectivity index is 1.40. The van der Waals surface area contributed by atoms with Crippen LogP contribution in [0.1, 0.15) is 31.8 Å². The van der Waals surface area contributed by atoms with Crippen LogP contribution in [0.25, 0.3) is 10.9 Å². The molecule has 1 aliphatic heterocycles. The van der Waals surface area contributed by atoms with Crippen LogP contribution in [0.3, 0.4) is 0 Å². The molecule has 2 aromatic heterocycles. The molecular formula is C21H21N3O2S. The first-order valence-corrected chi connectivity index (χ1v) is 9.88. The number of hydrogen-bond donors (Lipinski definition) is 0. The first kappa shape index (κ1) is 17.8. The maximum Gasteiger partial charge on any atom is 0.264 e. The number of aromatic nitrogens is 1. The van der Waals surface area contributed by atoms with Crippen molar-refractivity contribution in [2.75, 3.05) is 26.2 Å². The first-order valence-electron chi connectivity index (χ1n) is 9.07. The van der Waals surface area contributed by atoms with Gasteiger partial charge in [-0.05, 0) is 30.7 Å². The van der Waals surface area contributed by atoms with Gasteiger partial charge in [0.2, 0.25) is 0 Å². The molecule has 0 spiro atoms. The Bertz CT molecular complexity index is 985. The molecule has 1 amide bonds. The minimum absolute atomic E-state index is 0.00701. The minimum Gasteiger partial charge on any atom is -0.335 e. The Hall–Kier alpha value is -2.57.